The first kappa shape index (κ1) is 15.4. The molecule has 3 heterocycles. The molecule has 6 nitrogen and oxygen atoms in total. The molecule has 2 aromatic rings. The first-order valence-corrected chi connectivity index (χ1v) is 7.86. The zero-order valence-corrected chi connectivity index (χ0v) is 13.5. The van der Waals surface area contributed by atoms with Crippen molar-refractivity contribution in [2.75, 3.05) is 18.0 Å². The van der Waals surface area contributed by atoms with Crippen LogP contribution in [0.1, 0.15) is 24.1 Å². The Labute approximate surface area is 135 Å². The molecule has 1 saturated heterocycles. The van der Waals surface area contributed by atoms with Crippen LogP contribution in [0.3, 0.4) is 0 Å². The van der Waals surface area contributed by atoms with Gasteiger partial charge in [0.1, 0.15) is 5.82 Å². The molecule has 23 heavy (non-hydrogen) atoms. The van der Waals surface area contributed by atoms with Crippen LogP contribution in [0, 0.1) is 19.8 Å². The summed E-state index contributed by atoms with van der Waals surface area (Å²) in [7, 11) is 0. The number of amides is 1. The number of aryl methyl sites for hydroxylation is 1. The molecule has 0 spiro atoms. The lowest BCUT2D eigenvalue weighted by Crippen LogP contribution is -2.42. The van der Waals surface area contributed by atoms with Crippen molar-refractivity contribution in [3.05, 3.63) is 35.8 Å². The molecule has 0 saturated carbocycles. The summed E-state index contributed by atoms with van der Waals surface area (Å²) in [6.07, 6.45) is 5.28. The van der Waals surface area contributed by atoms with Crippen molar-refractivity contribution in [1.82, 2.24) is 15.0 Å². The van der Waals surface area contributed by atoms with Gasteiger partial charge in [0.2, 0.25) is 5.91 Å². The molecule has 1 unspecified atom stereocenters. The minimum atomic E-state index is -0.231. The second kappa shape index (κ2) is 6.32. The van der Waals surface area contributed by atoms with Crippen LogP contribution in [0.25, 0.3) is 11.4 Å². The van der Waals surface area contributed by atoms with E-state index in [1.807, 2.05) is 26.0 Å². The van der Waals surface area contributed by atoms with Gasteiger partial charge in [-0.05, 0) is 38.8 Å². The number of nitrogens with zero attached hydrogens (tertiary/aromatic N) is 4. The van der Waals surface area contributed by atoms with E-state index in [2.05, 4.69) is 14.9 Å². The molecule has 2 N–H and O–H groups in total. The zero-order chi connectivity index (χ0) is 16.4. The van der Waals surface area contributed by atoms with Gasteiger partial charge in [-0.25, -0.2) is 9.97 Å². The average molecular weight is 311 g/mol. The van der Waals surface area contributed by atoms with Crippen LogP contribution < -0.4 is 10.6 Å². The molecule has 1 aliphatic rings. The number of aromatic nitrogens is 3. The maximum Gasteiger partial charge on any atom is 0.222 e. The van der Waals surface area contributed by atoms with Crippen molar-refractivity contribution in [1.29, 1.82) is 0 Å². The molecular formula is C17H21N5O. The topological polar surface area (TPSA) is 85.0 Å². The standard InChI is InChI=1S/C17H21N5O/c1-11-12(2)20-16(13-5-3-7-19-9-13)21-17(11)22-8-4-6-14(10-22)15(18)23/h3,5,7,9,14H,4,6,8,10H2,1-2H3,(H2,18,23). The smallest absolute Gasteiger partial charge is 0.222 e. The fraction of sp³-hybridized carbons (Fsp3) is 0.412. The number of carbonyl (C=O) groups is 1. The van der Waals surface area contributed by atoms with Crippen molar-refractivity contribution < 1.29 is 4.79 Å². The third-order valence-corrected chi connectivity index (χ3v) is 4.41. The third kappa shape index (κ3) is 3.16. The Kier molecular flexibility index (Phi) is 4.23. The monoisotopic (exact) mass is 311 g/mol. The molecule has 120 valence electrons. The molecule has 0 aliphatic carbocycles. The number of primary amides is 1. The minimum absolute atomic E-state index is 0.111. The number of rotatable bonds is 3. The van der Waals surface area contributed by atoms with Crippen molar-refractivity contribution in [3.8, 4) is 11.4 Å². The molecule has 6 heteroatoms. The van der Waals surface area contributed by atoms with Gasteiger partial charge in [0.05, 0.1) is 5.92 Å². The first-order chi connectivity index (χ1) is 11.1. The van der Waals surface area contributed by atoms with Crippen LogP contribution in [0.2, 0.25) is 0 Å². The van der Waals surface area contributed by atoms with Gasteiger partial charge >= 0.3 is 0 Å². The summed E-state index contributed by atoms with van der Waals surface area (Å²) in [5.74, 6) is 1.21. The number of hydrogen-bond acceptors (Lipinski definition) is 5. The highest BCUT2D eigenvalue weighted by atomic mass is 16.1. The molecule has 0 aromatic carbocycles. The SMILES string of the molecule is Cc1nc(-c2cccnc2)nc(N2CCCC(C(N)=O)C2)c1C. The van der Waals surface area contributed by atoms with Crippen molar-refractivity contribution in [2.45, 2.75) is 26.7 Å². The van der Waals surface area contributed by atoms with Crippen LogP contribution in [-0.2, 0) is 4.79 Å². The highest BCUT2D eigenvalue weighted by Crippen LogP contribution is 2.27. The zero-order valence-electron chi connectivity index (χ0n) is 13.5. The number of piperidine rings is 1. The van der Waals surface area contributed by atoms with Crippen molar-refractivity contribution in [2.24, 2.45) is 11.7 Å². The second-order valence-electron chi connectivity index (χ2n) is 6.01. The number of carbonyl (C=O) groups excluding carboxylic acids is 1. The molecule has 3 rings (SSSR count). The van der Waals surface area contributed by atoms with E-state index in [1.54, 1.807) is 12.4 Å². The summed E-state index contributed by atoms with van der Waals surface area (Å²) in [4.78, 5) is 27.1. The van der Waals surface area contributed by atoms with E-state index in [0.717, 1.165) is 42.0 Å². The molecule has 2 aromatic heterocycles. The van der Waals surface area contributed by atoms with E-state index in [9.17, 15) is 4.79 Å². The lowest BCUT2D eigenvalue weighted by Gasteiger charge is -2.33. The van der Waals surface area contributed by atoms with Crippen LogP contribution in [0.15, 0.2) is 24.5 Å². The Morgan fingerprint density at radius 1 is 1.35 bits per heavy atom. The van der Waals surface area contributed by atoms with Gasteiger partial charge in [-0.3, -0.25) is 9.78 Å². The van der Waals surface area contributed by atoms with E-state index >= 15 is 0 Å². The quantitative estimate of drug-likeness (QED) is 0.935. The predicted molar refractivity (Wildman–Crippen MR) is 88.9 cm³/mol. The van der Waals surface area contributed by atoms with Crippen LogP contribution in [0.4, 0.5) is 5.82 Å². The van der Waals surface area contributed by atoms with E-state index in [1.165, 1.54) is 0 Å². The fourth-order valence-electron chi connectivity index (χ4n) is 2.95. The summed E-state index contributed by atoms with van der Waals surface area (Å²) in [6.45, 7) is 5.51. The van der Waals surface area contributed by atoms with Gasteiger partial charge in [-0.15, -0.1) is 0 Å². The van der Waals surface area contributed by atoms with Crippen LogP contribution in [-0.4, -0.2) is 33.9 Å². The summed E-state index contributed by atoms with van der Waals surface area (Å²) in [5.41, 5.74) is 8.36. The Hall–Kier alpha value is -2.50. The minimum Gasteiger partial charge on any atom is -0.369 e. The van der Waals surface area contributed by atoms with Gasteiger partial charge in [0.25, 0.3) is 0 Å². The normalized spacial score (nSPS) is 18.0. The van der Waals surface area contributed by atoms with Crippen molar-refractivity contribution >= 4 is 11.7 Å². The number of pyridine rings is 1. The lowest BCUT2D eigenvalue weighted by atomic mass is 9.97. The predicted octanol–water partition coefficient (Wildman–Crippen LogP) is 1.86. The van der Waals surface area contributed by atoms with Gasteiger partial charge in [0.15, 0.2) is 5.82 Å². The van der Waals surface area contributed by atoms with Crippen LogP contribution in [0.5, 0.6) is 0 Å². The highest BCUT2D eigenvalue weighted by molar-refractivity contribution is 5.77. The Morgan fingerprint density at radius 2 is 2.17 bits per heavy atom. The van der Waals surface area contributed by atoms with E-state index in [4.69, 9.17) is 10.7 Å². The molecule has 1 aliphatic heterocycles. The second-order valence-corrected chi connectivity index (χ2v) is 6.01. The van der Waals surface area contributed by atoms with E-state index in [-0.39, 0.29) is 11.8 Å². The number of nitrogens with two attached hydrogens (primary N) is 1. The number of hydrogen-bond donors (Lipinski definition) is 1. The van der Waals surface area contributed by atoms with E-state index in [0.29, 0.717) is 12.4 Å². The summed E-state index contributed by atoms with van der Waals surface area (Å²) < 4.78 is 0. The van der Waals surface area contributed by atoms with Gasteiger partial charge in [0, 0.05) is 42.3 Å². The average Bonchev–Trinajstić information content (AvgIpc) is 2.58. The summed E-state index contributed by atoms with van der Waals surface area (Å²) in [6, 6.07) is 3.82. The highest BCUT2D eigenvalue weighted by Gasteiger charge is 2.26. The molecule has 1 amide bonds. The Morgan fingerprint density at radius 3 is 2.87 bits per heavy atom. The van der Waals surface area contributed by atoms with E-state index < -0.39 is 0 Å². The molecule has 0 bridgehead atoms. The van der Waals surface area contributed by atoms with Crippen molar-refractivity contribution in [3.63, 3.8) is 0 Å². The molecule has 1 fully saturated rings. The molecular weight excluding hydrogens is 290 g/mol. The maximum atomic E-state index is 11.5. The fourth-order valence-corrected chi connectivity index (χ4v) is 2.95. The summed E-state index contributed by atoms with van der Waals surface area (Å²) in [5, 5.41) is 0. The lowest BCUT2D eigenvalue weighted by molar-refractivity contribution is -0.122. The molecule has 1 atom stereocenters. The third-order valence-electron chi connectivity index (χ3n) is 4.41. The van der Waals surface area contributed by atoms with Gasteiger partial charge in [-0.1, -0.05) is 0 Å². The Bertz CT molecular complexity index is 716. The molecule has 0 radical (unpaired) electrons. The van der Waals surface area contributed by atoms with Gasteiger partial charge < -0.3 is 10.6 Å². The Balaban J connectivity index is 1.98. The number of anilines is 1. The largest absolute Gasteiger partial charge is 0.369 e. The summed E-state index contributed by atoms with van der Waals surface area (Å²) >= 11 is 0. The first-order valence-electron chi connectivity index (χ1n) is 7.86. The maximum absolute atomic E-state index is 11.5. The van der Waals surface area contributed by atoms with Gasteiger partial charge in [-0.2, -0.15) is 0 Å². The van der Waals surface area contributed by atoms with Crippen LogP contribution >= 0.6 is 0 Å².